The monoisotopic (exact) mass is 490 g/mol. The Kier molecular flexibility index (Phi) is 7.84. The number of benzene rings is 2. The molecule has 33 heavy (non-hydrogen) atoms. The number of nitrogens with one attached hydrogen (secondary N) is 1. The first-order valence-corrected chi connectivity index (χ1v) is 10.9. The third-order valence-corrected chi connectivity index (χ3v) is 5.26. The van der Waals surface area contributed by atoms with Crippen LogP contribution in [0.5, 0.6) is 0 Å². The van der Waals surface area contributed by atoms with Gasteiger partial charge in [0.05, 0.1) is 10.7 Å². The number of aromatic nitrogens is 2. The molecule has 0 fully saturated rings. The zero-order chi connectivity index (χ0) is 24.1. The van der Waals surface area contributed by atoms with Crippen LogP contribution in [0.15, 0.2) is 53.3 Å². The lowest BCUT2D eigenvalue weighted by Crippen LogP contribution is -2.41. The molecule has 0 spiro atoms. The molecule has 0 atom stereocenters. The van der Waals surface area contributed by atoms with E-state index in [0.29, 0.717) is 22.8 Å². The zero-order valence-corrected chi connectivity index (χ0v) is 19.5. The summed E-state index contributed by atoms with van der Waals surface area (Å²) in [7, 11) is 0. The topological polar surface area (TPSA) is 84.3 Å². The van der Waals surface area contributed by atoms with Crippen molar-refractivity contribution in [1.82, 2.24) is 14.7 Å². The maximum atomic E-state index is 14.3. The van der Waals surface area contributed by atoms with Gasteiger partial charge in [-0.05, 0) is 43.7 Å². The number of nitrogens with zero attached hydrogens (tertiary/aromatic N) is 3. The molecule has 10 heteroatoms. The number of hydrogen-bond acceptors (Lipinski definition) is 4. The third kappa shape index (κ3) is 5.77. The van der Waals surface area contributed by atoms with Crippen molar-refractivity contribution in [1.29, 1.82) is 0 Å². The molecule has 0 saturated heterocycles. The van der Waals surface area contributed by atoms with Crippen molar-refractivity contribution in [3.8, 4) is 5.69 Å². The minimum Gasteiger partial charge on any atom is -0.328 e. The molecule has 2 amide bonds. The van der Waals surface area contributed by atoms with Gasteiger partial charge in [0.25, 0.3) is 5.91 Å². The van der Waals surface area contributed by atoms with Crippen LogP contribution in [0.3, 0.4) is 0 Å². The Bertz CT molecular complexity index is 1260. The zero-order valence-electron chi connectivity index (χ0n) is 17.9. The van der Waals surface area contributed by atoms with Crippen molar-refractivity contribution in [2.24, 2.45) is 0 Å². The van der Waals surface area contributed by atoms with Crippen LogP contribution in [0.25, 0.3) is 5.69 Å². The molecule has 0 radical (unpaired) electrons. The molecule has 7 nitrogen and oxygen atoms in total. The van der Waals surface area contributed by atoms with Crippen LogP contribution in [0, 0.1) is 12.7 Å². The SMILES string of the molecule is CCCN(CC(=O)Nc1ccc(Cl)cc1Cl)C(=O)c1nn(-c2ccccc2F)c(C)cc1=O. The molecule has 0 unspecified atom stereocenters. The van der Waals surface area contributed by atoms with E-state index in [9.17, 15) is 18.8 Å². The first-order chi connectivity index (χ1) is 15.7. The fourth-order valence-electron chi connectivity index (χ4n) is 3.19. The Labute approximate surface area is 199 Å². The van der Waals surface area contributed by atoms with E-state index in [1.54, 1.807) is 25.1 Å². The van der Waals surface area contributed by atoms with E-state index < -0.39 is 28.8 Å². The molecular formula is C23H21Cl2FN4O3. The van der Waals surface area contributed by atoms with E-state index in [1.165, 1.54) is 39.9 Å². The molecule has 0 saturated carbocycles. The number of anilines is 1. The molecule has 0 aliphatic rings. The Morgan fingerprint density at radius 3 is 2.55 bits per heavy atom. The predicted octanol–water partition coefficient (Wildman–Crippen LogP) is 4.48. The van der Waals surface area contributed by atoms with Crippen molar-refractivity contribution in [3.63, 3.8) is 0 Å². The lowest BCUT2D eigenvalue weighted by molar-refractivity contribution is -0.116. The van der Waals surface area contributed by atoms with Gasteiger partial charge in [0, 0.05) is 23.3 Å². The minimum absolute atomic E-state index is 0.0983. The van der Waals surface area contributed by atoms with E-state index in [2.05, 4.69) is 10.4 Å². The average molecular weight is 491 g/mol. The van der Waals surface area contributed by atoms with Gasteiger partial charge in [-0.25, -0.2) is 9.07 Å². The Hall–Kier alpha value is -3.23. The highest BCUT2D eigenvalue weighted by Crippen LogP contribution is 2.25. The van der Waals surface area contributed by atoms with Crippen molar-refractivity contribution in [2.75, 3.05) is 18.4 Å². The van der Waals surface area contributed by atoms with Gasteiger partial charge >= 0.3 is 0 Å². The molecule has 1 heterocycles. The van der Waals surface area contributed by atoms with Crippen molar-refractivity contribution in [2.45, 2.75) is 20.3 Å². The van der Waals surface area contributed by atoms with Gasteiger partial charge in [-0.2, -0.15) is 5.10 Å². The summed E-state index contributed by atoms with van der Waals surface area (Å²) in [5.74, 6) is -1.80. The lowest BCUT2D eigenvalue weighted by Gasteiger charge is -2.22. The van der Waals surface area contributed by atoms with Gasteiger partial charge in [0.2, 0.25) is 11.3 Å². The largest absolute Gasteiger partial charge is 0.328 e. The van der Waals surface area contributed by atoms with Crippen LogP contribution < -0.4 is 10.7 Å². The predicted molar refractivity (Wildman–Crippen MR) is 126 cm³/mol. The van der Waals surface area contributed by atoms with Gasteiger partial charge in [-0.3, -0.25) is 14.4 Å². The Morgan fingerprint density at radius 2 is 1.88 bits per heavy atom. The fraction of sp³-hybridized carbons (Fsp3) is 0.217. The molecular weight excluding hydrogens is 470 g/mol. The van der Waals surface area contributed by atoms with Crippen molar-refractivity contribution in [3.05, 3.63) is 86.0 Å². The first kappa shape index (κ1) is 24.4. The number of carbonyl (C=O) groups excluding carboxylic acids is 2. The number of halogens is 3. The molecule has 0 bridgehead atoms. The van der Waals surface area contributed by atoms with Crippen LogP contribution in [0.1, 0.15) is 29.5 Å². The standard InChI is InChI=1S/C23H21Cl2FN4O3/c1-3-10-29(13-21(32)27-18-9-8-15(24)12-16(18)25)23(33)22-20(31)11-14(2)30(28-22)19-7-5-4-6-17(19)26/h4-9,11-12H,3,10,13H2,1-2H3,(H,27,32). The number of aryl methyl sites for hydroxylation is 1. The number of hydrogen-bond donors (Lipinski definition) is 1. The maximum absolute atomic E-state index is 14.3. The fourth-order valence-corrected chi connectivity index (χ4v) is 3.64. The van der Waals surface area contributed by atoms with Crippen LogP contribution in [-0.4, -0.2) is 39.6 Å². The second kappa shape index (κ2) is 10.6. The highest BCUT2D eigenvalue weighted by atomic mass is 35.5. The van der Waals surface area contributed by atoms with Crippen LogP contribution in [0.2, 0.25) is 10.0 Å². The molecule has 0 aliphatic carbocycles. The summed E-state index contributed by atoms with van der Waals surface area (Å²) in [5, 5.41) is 7.41. The van der Waals surface area contributed by atoms with Crippen molar-refractivity contribution < 1.29 is 14.0 Å². The van der Waals surface area contributed by atoms with E-state index in [1.807, 2.05) is 6.92 Å². The molecule has 172 valence electrons. The average Bonchev–Trinajstić information content (AvgIpc) is 2.76. The van der Waals surface area contributed by atoms with Crippen molar-refractivity contribution >= 4 is 40.7 Å². The molecule has 3 aromatic rings. The van der Waals surface area contributed by atoms with Crippen LogP contribution in [0.4, 0.5) is 10.1 Å². The summed E-state index contributed by atoms with van der Waals surface area (Å²) >= 11 is 12.0. The van der Waals surface area contributed by atoms with E-state index >= 15 is 0 Å². The minimum atomic E-state index is -0.732. The summed E-state index contributed by atoms with van der Waals surface area (Å²) in [6, 6.07) is 11.7. The van der Waals surface area contributed by atoms with Gasteiger partial charge in [-0.15, -0.1) is 0 Å². The van der Waals surface area contributed by atoms with Gasteiger partial charge in [-0.1, -0.05) is 42.3 Å². The summed E-state index contributed by atoms with van der Waals surface area (Å²) < 4.78 is 15.5. The molecule has 1 aromatic heterocycles. The smallest absolute Gasteiger partial charge is 0.278 e. The molecule has 0 aliphatic heterocycles. The van der Waals surface area contributed by atoms with E-state index in [-0.39, 0.29) is 23.8 Å². The second-order valence-electron chi connectivity index (χ2n) is 7.26. The number of para-hydroxylation sites is 1. The quantitative estimate of drug-likeness (QED) is 0.529. The normalized spacial score (nSPS) is 10.7. The second-order valence-corrected chi connectivity index (χ2v) is 8.10. The van der Waals surface area contributed by atoms with Gasteiger partial charge in [0.15, 0.2) is 5.69 Å². The lowest BCUT2D eigenvalue weighted by atomic mass is 10.2. The number of carbonyl (C=O) groups is 2. The Balaban J connectivity index is 1.89. The van der Waals surface area contributed by atoms with E-state index in [4.69, 9.17) is 23.2 Å². The third-order valence-electron chi connectivity index (χ3n) is 4.71. The first-order valence-electron chi connectivity index (χ1n) is 10.1. The summed E-state index contributed by atoms with van der Waals surface area (Å²) in [5.41, 5.74) is -0.229. The number of amides is 2. The number of rotatable bonds is 7. The molecule has 3 rings (SSSR count). The highest BCUT2D eigenvalue weighted by molar-refractivity contribution is 6.36. The highest BCUT2D eigenvalue weighted by Gasteiger charge is 2.24. The van der Waals surface area contributed by atoms with Gasteiger partial charge in [0.1, 0.15) is 18.0 Å². The van der Waals surface area contributed by atoms with Gasteiger partial charge < -0.3 is 10.2 Å². The Morgan fingerprint density at radius 1 is 1.15 bits per heavy atom. The summed E-state index contributed by atoms with van der Waals surface area (Å²) in [6.07, 6.45) is 0.536. The van der Waals surface area contributed by atoms with Crippen LogP contribution in [-0.2, 0) is 4.79 Å². The van der Waals surface area contributed by atoms with Crippen LogP contribution >= 0.6 is 23.2 Å². The summed E-state index contributed by atoms with van der Waals surface area (Å²) in [4.78, 5) is 39.5. The van der Waals surface area contributed by atoms with E-state index in [0.717, 1.165) is 0 Å². The molecule has 2 aromatic carbocycles. The summed E-state index contributed by atoms with van der Waals surface area (Å²) in [6.45, 7) is 3.28. The molecule has 1 N–H and O–H groups in total. The maximum Gasteiger partial charge on any atom is 0.278 e.